The maximum absolute atomic E-state index is 13.3. The van der Waals surface area contributed by atoms with E-state index in [1.165, 1.54) is 0 Å². The third-order valence-corrected chi connectivity index (χ3v) is 4.62. The van der Waals surface area contributed by atoms with Crippen molar-refractivity contribution in [2.75, 3.05) is 13.3 Å². The molecular weight excluding hydrogens is 542 g/mol. The average Bonchev–Trinajstić information content (AvgIpc) is 2.58. The molecule has 0 aliphatic rings. The third-order valence-electron chi connectivity index (χ3n) is 3.31. The average molecular weight is 546 g/mol. The van der Waals surface area contributed by atoms with Gasteiger partial charge in [0, 0.05) is 0 Å². The van der Waals surface area contributed by atoms with Crippen LogP contribution < -0.4 is 0 Å². The minimum Gasteiger partial charge on any atom is -0.259 e. The van der Waals surface area contributed by atoms with Gasteiger partial charge in [-0.2, -0.15) is 83.1 Å². The summed E-state index contributed by atoms with van der Waals surface area (Å²) in [5.41, 5.74) is 0. The fourth-order valence-electron chi connectivity index (χ4n) is 1.38. The van der Waals surface area contributed by atoms with Gasteiger partial charge in [0.2, 0.25) is 0 Å². The van der Waals surface area contributed by atoms with Crippen LogP contribution in [0.5, 0.6) is 0 Å². The highest BCUT2D eigenvalue weighted by Crippen LogP contribution is 2.56. The first-order chi connectivity index (χ1) is 13.5. The van der Waals surface area contributed by atoms with E-state index in [-0.39, 0.29) is 0 Å². The van der Waals surface area contributed by atoms with Crippen molar-refractivity contribution in [3.05, 3.63) is 0 Å². The number of hydrogen-bond donors (Lipinski definition) is 0. The quantitative estimate of drug-likeness (QED) is 0.277. The molecule has 0 aromatic carbocycles. The first-order valence-electron chi connectivity index (χ1n) is 6.68. The van der Waals surface area contributed by atoms with E-state index in [9.17, 15) is 87.4 Å². The molecule has 0 aliphatic carbocycles. The zero-order valence-electron chi connectivity index (χ0n) is 13.9. The Morgan fingerprint density at radius 2 is 0.875 bits per heavy atom. The molecule has 0 aromatic heterocycles. The highest BCUT2D eigenvalue weighted by Gasteiger charge is 2.86. The molecule has 194 valence electrons. The summed E-state index contributed by atoms with van der Waals surface area (Å²) in [7, 11) is -8.20. The third kappa shape index (κ3) is 4.27. The maximum atomic E-state index is 13.3. The highest BCUT2D eigenvalue weighted by molar-refractivity contribution is 7.87. The number of halogens is 18. The number of alkyl halides is 18. The fourth-order valence-corrected chi connectivity index (χ4v) is 2.27. The summed E-state index contributed by atoms with van der Waals surface area (Å²) in [4.78, 5) is 0. The lowest BCUT2D eigenvalue weighted by molar-refractivity contribution is -0.398. The van der Waals surface area contributed by atoms with Crippen LogP contribution in [0.4, 0.5) is 79.0 Å². The summed E-state index contributed by atoms with van der Waals surface area (Å²) in [5.74, 6) is -44.9. The van der Waals surface area contributed by atoms with Gasteiger partial charge in [-0.05, 0) is 0 Å². The lowest BCUT2D eigenvalue weighted by Gasteiger charge is -2.36. The van der Waals surface area contributed by atoms with E-state index in [0.29, 0.717) is 0 Å². The minimum atomic E-state index is -8.20. The van der Waals surface area contributed by atoms with Crippen LogP contribution in [-0.4, -0.2) is 68.7 Å². The molecule has 0 atom stereocenters. The summed E-state index contributed by atoms with van der Waals surface area (Å²) >= 11 is 0. The van der Waals surface area contributed by atoms with Gasteiger partial charge in [0.25, 0.3) is 0 Å². The maximum Gasteiger partial charge on any atom is 0.460 e. The molecule has 0 saturated carbocycles. The fraction of sp³-hybridized carbons (Fsp3) is 1.00. The van der Waals surface area contributed by atoms with E-state index < -0.39 is 70.4 Å². The van der Waals surface area contributed by atoms with Crippen LogP contribution in [0.2, 0.25) is 0 Å². The molecule has 22 heteroatoms. The molecule has 0 aromatic rings. The van der Waals surface area contributed by atoms with Crippen LogP contribution in [0.1, 0.15) is 0 Å². The summed E-state index contributed by atoms with van der Waals surface area (Å²) in [5, 5.41) is -7.78. The van der Waals surface area contributed by atoms with E-state index >= 15 is 0 Å². The molecule has 0 saturated heterocycles. The second-order valence-electron chi connectivity index (χ2n) is 5.57. The van der Waals surface area contributed by atoms with E-state index in [0.717, 1.165) is 0 Å². The van der Waals surface area contributed by atoms with Gasteiger partial charge in [0.15, 0.2) is 6.67 Å². The largest absolute Gasteiger partial charge is 0.460 e. The van der Waals surface area contributed by atoms with Gasteiger partial charge >= 0.3 is 57.1 Å². The molecule has 32 heavy (non-hydrogen) atoms. The van der Waals surface area contributed by atoms with Gasteiger partial charge in [-0.1, -0.05) is 0 Å². The predicted molar refractivity (Wildman–Crippen MR) is 61.5 cm³/mol. The van der Waals surface area contributed by atoms with Gasteiger partial charge in [0.1, 0.15) is 6.61 Å². The SMILES string of the molecule is O=S(=O)(OCC(F)(F)C(F)(F)C(F)(F)C(F)(F)F)C(F)(F)C(F)(F)C(F)(F)C(F)(F)CF. The Kier molecular flexibility index (Phi) is 7.53. The zero-order chi connectivity index (χ0) is 26.6. The molecule has 0 radical (unpaired) electrons. The Morgan fingerprint density at radius 1 is 0.531 bits per heavy atom. The van der Waals surface area contributed by atoms with Crippen LogP contribution in [-0.2, 0) is 14.3 Å². The van der Waals surface area contributed by atoms with Crippen molar-refractivity contribution >= 4 is 10.1 Å². The molecule has 0 spiro atoms. The Hall–Kier alpha value is -1.35. The van der Waals surface area contributed by atoms with Crippen molar-refractivity contribution in [3.8, 4) is 0 Å². The smallest absolute Gasteiger partial charge is 0.259 e. The minimum absolute atomic E-state index is 2.12. The Morgan fingerprint density at radius 3 is 1.19 bits per heavy atom. The Bertz CT molecular complexity index is 781. The van der Waals surface area contributed by atoms with Crippen molar-refractivity contribution < 1.29 is 91.6 Å². The summed E-state index contributed by atoms with van der Waals surface area (Å²) in [6.45, 7) is -8.05. The lowest BCUT2D eigenvalue weighted by atomic mass is 10.1. The van der Waals surface area contributed by atoms with Crippen LogP contribution in [0.3, 0.4) is 0 Å². The topological polar surface area (TPSA) is 43.4 Å². The highest BCUT2D eigenvalue weighted by atomic mass is 32.2. The van der Waals surface area contributed by atoms with E-state index in [1.807, 2.05) is 0 Å². The molecular formula is C10H4F18O3S. The second-order valence-corrected chi connectivity index (χ2v) is 7.23. The Balaban J connectivity index is 6.18. The molecule has 0 rings (SSSR count). The number of hydrogen-bond acceptors (Lipinski definition) is 3. The molecule has 0 bridgehead atoms. The summed E-state index contributed by atoms with van der Waals surface area (Å²) < 4.78 is 252. The Labute approximate surface area is 163 Å². The van der Waals surface area contributed by atoms with Crippen LogP contribution in [0.15, 0.2) is 0 Å². The summed E-state index contributed by atoms with van der Waals surface area (Å²) in [6, 6.07) is 0. The van der Waals surface area contributed by atoms with Crippen molar-refractivity contribution in [1.82, 2.24) is 0 Å². The predicted octanol–water partition coefficient (Wildman–Crippen LogP) is 5.27. The van der Waals surface area contributed by atoms with Crippen molar-refractivity contribution in [2.45, 2.75) is 47.0 Å². The first kappa shape index (κ1) is 30.6. The normalized spacial score (nSPS) is 16.4. The van der Waals surface area contributed by atoms with Gasteiger partial charge in [-0.15, -0.1) is 0 Å². The van der Waals surface area contributed by atoms with E-state index in [1.54, 1.807) is 0 Å². The molecule has 0 N–H and O–H groups in total. The lowest BCUT2D eigenvalue weighted by Crippen LogP contribution is -2.65. The zero-order valence-corrected chi connectivity index (χ0v) is 14.7. The van der Waals surface area contributed by atoms with Gasteiger partial charge in [0.05, 0.1) is 0 Å². The van der Waals surface area contributed by atoms with Crippen molar-refractivity contribution in [3.63, 3.8) is 0 Å². The van der Waals surface area contributed by atoms with Gasteiger partial charge < -0.3 is 0 Å². The molecule has 3 nitrogen and oxygen atoms in total. The molecule has 0 fully saturated rings. The van der Waals surface area contributed by atoms with Crippen LogP contribution in [0, 0.1) is 0 Å². The number of rotatable bonds is 10. The molecule has 0 unspecified atom stereocenters. The molecule has 0 heterocycles. The van der Waals surface area contributed by atoms with Crippen molar-refractivity contribution in [2.24, 2.45) is 0 Å². The van der Waals surface area contributed by atoms with E-state index in [2.05, 4.69) is 4.18 Å². The summed E-state index contributed by atoms with van der Waals surface area (Å²) in [6.07, 6.45) is -7.49. The second kappa shape index (κ2) is 7.86. The van der Waals surface area contributed by atoms with E-state index in [4.69, 9.17) is 0 Å². The van der Waals surface area contributed by atoms with Crippen molar-refractivity contribution in [1.29, 1.82) is 0 Å². The van der Waals surface area contributed by atoms with Gasteiger partial charge in [-0.25, -0.2) is 4.39 Å². The first-order valence-corrected chi connectivity index (χ1v) is 8.09. The van der Waals surface area contributed by atoms with Crippen LogP contribution >= 0.6 is 0 Å². The monoisotopic (exact) mass is 546 g/mol. The molecule has 0 amide bonds. The van der Waals surface area contributed by atoms with Gasteiger partial charge in [-0.3, -0.25) is 4.18 Å². The standard InChI is InChI=1S/C10H4F18O3S/c11-1-3(12,13)5(16,17)8(22,23)10(27,28)32(29,30)31-2-4(14,15)6(18,19)7(20,21)9(24,25)26/h1-2H2. The molecule has 0 aliphatic heterocycles. The van der Waals surface area contributed by atoms with Crippen LogP contribution in [0.25, 0.3) is 0 Å².